The van der Waals surface area contributed by atoms with E-state index in [2.05, 4.69) is 10.5 Å². The lowest BCUT2D eigenvalue weighted by molar-refractivity contribution is 0.505. The molecule has 0 fully saturated rings. The second kappa shape index (κ2) is 3.51. The van der Waals surface area contributed by atoms with E-state index in [4.69, 9.17) is 9.40 Å². The number of thiazole rings is 1. The number of aromatic nitrogens is 2. The Bertz CT molecular complexity index is 793. The van der Waals surface area contributed by atoms with E-state index >= 15 is 0 Å². The van der Waals surface area contributed by atoms with Crippen LogP contribution in [0.5, 0.6) is 0 Å². The molecule has 3 aromatic heterocycles. The molecular formula is C15H14N2OS. The van der Waals surface area contributed by atoms with Gasteiger partial charge in [-0.1, -0.05) is 0 Å². The third-order valence-corrected chi connectivity index (χ3v) is 5.55. The van der Waals surface area contributed by atoms with E-state index in [0.29, 0.717) is 0 Å². The van der Waals surface area contributed by atoms with Gasteiger partial charge in [-0.15, -0.1) is 11.3 Å². The molecule has 0 radical (unpaired) electrons. The monoisotopic (exact) mass is 270 g/mol. The third-order valence-electron chi connectivity index (χ3n) is 4.41. The minimum atomic E-state index is 1.01. The summed E-state index contributed by atoms with van der Waals surface area (Å²) in [6.45, 7) is 0. The van der Waals surface area contributed by atoms with Crippen molar-refractivity contribution in [1.29, 1.82) is 0 Å². The van der Waals surface area contributed by atoms with Crippen molar-refractivity contribution in [1.82, 2.24) is 9.38 Å². The number of fused-ring (bicyclic) bond motifs is 7. The van der Waals surface area contributed by atoms with E-state index in [1.165, 1.54) is 47.6 Å². The van der Waals surface area contributed by atoms with Gasteiger partial charge in [-0.3, -0.25) is 4.40 Å². The van der Waals surface area contributed by atoms with Crippen LogP contribution >= 0.6 is 11.3 Å². The molecule has 96 valence electrons. The zero-order valence-corrected chi connectivity index (χ0v) is 11.4. The number of hydrogen-bond acceptors (Lipinski definition) is 3. The molecule has 0 aliphatic heterocycles. The van der Waals surface area contributed by atoms with Crippen molar-refractivity contribution in [2.75, 3.05) is 0 Å². The van der Waals surface area contributed by atoms with Crippen LogP contribution in [0.2, 0.25) is 0 Å². The van der Waals surface area contributed by atoms with E-state index in [1.54, 1.807) is 11.1 Å². The van der Waals surface area contributed by atoms with Crippen LogP contribution in [0.15, 0.2) is 16.7 Å². The molecule has 0 atom stereocenters. The Morgan fingerprint density at radius 1 is 1.11 bits per heavy atom. The average Bonchev–Trinajstić information content (AvgIpc) is 3.10. The second-order valence-corrected chi connectivity index (χ2v) is 6.52. The Morgan fingerprint density at radius 2 is 2.05 bits per heavy atom. The Kier molecular flexibility index (Phi) is 1.90. The first-order chi connectivity index (χ1) is 9.42. The fourth-order valence-electron chi connectivity index (χ4n) is 3.52. The molecule has 0 saturated heterocycles. The number of rotatable bonds is 0. The highest BCUT2D eigenvalue weighted by Crippen LogP contribution is 2.39. The molecule has 3 aromatic rings. The molecule has 0 spiro atoms. The highest BCUT2D eigenvalue weighted by atomic mass is 32.1. The van der Waals surface area contributed by atoms with Crippen LogP contribution in [0.1, 0.15) is 34.9 Å². The molecule has 0 saturated carbocycles. The summed E-state index contributed by atoms with van der Waals surface area (Å²) in [6, 6.07) is 2.07. The summed E-state index contributed by atoms with van der Waals surface area (Å²) in [7, 11) is 0. The molecule has 3 nitrogen and oxygen atoms in total. The van der Waals surface area contributed by atoms with Gasteiger partial charge in [0, 0.05) is 22.6 Å². The summed E-state index contributed by atoms with van der Waals surface area (Å²) >= 11 is 1.89. The van der Waals surface area contributed by atoms with Gasteiger partial charge < -0.3 is 4.42 Å². The summed E-state index contributed by atoms with van der Waals surface area (Å²) in [5.74, 6) is 1.10. The number of hydrogen-bond donors (Lipinski definition) is 0. The Labute approximate surface area is 114 Å². The van der Waals surface area contributed by atoms with E-state index < -0.39 is 0 Å². The highest BCUT2D eigenvalue weighted by molar-refractivity contribution is 7.17. The van der Waals surface area contributed by atoms with Crippen LogP contribution in [-0.4, -0.2) is 9.38 Å². The molecule has 5 rings (SSSR count). The van der Waals surface area contributed by atoms with Crippen molar-refractivity contribution < 1.29 is 4.42 Å². The molecule has 19 heavy (non-hydrogen) atoms. The third kappa shape index (κ3) is 1.25. The summed E-state index contributed by atoms with van der Waals surface area (Å²) in [4.78, 5) is 7.64. The van der Waals surface area contributed by atoms with Crippen LogP contribution in [0, 0.1) is 0 Å². The molecule has 0 bridgehead atoms. The van der Waals surface area contributed by atoms with E-state index in [9.17, 15) is 0 Å². The fraction of sp³-hybridized carbons (Fsp3) is 0.400. The lowest BCUT2D eigenvalue weighted by atomic mass is 9.98. The van der Waals surface area contributed by atoms with E-state index in [-0.39, 0.29) is 0 Å². The first-order valence-electron chi connectivity index (χ1n) is 7.00. The molecule has 2 aliphatic carbocycles. The van der Waals surface area contributed by atoms with Crippen LogP contribution in [0.25, 0.3) is 16.2 Å². The van der Waals surface area contributed by atoms with Gasteiger partial charge in [0.1, 0.15) is 5.76 Å². The fourth-order valence-corrected chi connectivity index (χ4v) is 4.75. The van der Waals surface area contributed by atoms with Crippen molar-refractivity contribution in [3.05, 3.63) is 34.4 Å². The van der Waals surface area contributed by atoms with Crippen LogP contribution in [-0.2, 0) is 25.7 Å². The van der Waals surface area contributed by atoms with Crippen molar-refractivity contribution in [2.24, 2.45) is 0 Å². The predicted octanol–water partition coefficient (Wildman–Crippen LogP) is 3.63. The van der Waals surface area contributed by atoms with Crippen LogP contribution < -0.4 is 0 Å². The Hall–Kier alpha value is -1.55. The quantitative estimate of drug-likeness (QED) is 0.624. The van der Waals surface area contributed by atoms with Gasteiger partial charge in [0.15, 0.2) is 4.96 Å². The Balaban J connectivity index is 1.84. The molecule has 4 heteroatoms. The zero-order chi connectivity index (χ0) is 12.4. The highest BCUT2D eigenvalue weighted by Gasteiger charge is 2.27. The lowest BCUT2D eigenvalue weighted by Gasteiger charge is -2.14. The van der Waals surface area contributed by atoms with Gasteiger partial charge in [0.05, 0.1) is 17.7 Å². The molecule has 2 aliphatic rings. The summed E-state index contributed by atoms with van der Waals surface area (Å²) in [6.07, 6.45) is 8.98. The van der Waals surface area contributed by atoms with Gasteiger partial charge in [0.2, 0.25) is 0 Å². The SMILES string of the molecule is c1cc2c(o1)CCc1c-2nc2sc3c(n12)CCCC3. The molecule has 0 aromatic carbocycles. The summed E-state index contributed by atoms with van der Waals surface area (Å²) in [5, 5.41) is 0. The standard InChI is InChI=1S/C15H14N2OS/c1-2-4-13-10(3-1)17-11-5-6-12-9(7-8-18-12)14(11)16-15(17)19-13/h7-8H,1-6H2. The summed E-state index contributed by atoms with van der Waals surface area (Å²) in [5.41, 5.74) is 5.31. The van der Waals surface area contributed by atoms with Gasteiger partial charge in [-0.2, -0.15) is 0 Å². The minimum Gasteiger partial charge on any atom is -0.469 e. The maximum atomic E-state index is 5.55. The van der Waals surface area contributed by atoms with Gasteiger partial charge in [-0.05, 0) is 38.2 Å². The van der Waals surface area contributed by atoms with Gasteiger partial charge in [-0.25, -0.2) is 4.98 Å². The maximum absolute atomic E-state index is 5.55. The van der Waals surface area contributed by atoms with E-state index in [0.717, 1.165) is 24.3 Å². The largest absolute Gasteiger partial charge is 0.469 e. The smallest absolute Gasteiger partial charge is 0.194 e. The van der Waals surface area contributed by atoms with Crippen LogP contribution in [0.3, 0.4) is 0 Å². The number of imidazole rings is 1. The van der Waals surface area contributed by atoms with Crippen molar-refractivity contribution >= 4 is 16.3 Å². The number of nitrogens with zero attached hydrogens (tertiary/aromatic N) is 2. The Morgan fingerprint density at radius 3 is 3.05 bits per heavy atom. The predicted molar refractivity (Wildman–Crippen MR) is 74.8 cm³/mol. The van der Waals surface area contributed by atoms with Crippen molar-refractivity contribution in [3.8, 4) is 11.3 Å². The average molecular weight is 270 g/mol. The zero-order valence-electron chi connectivity index (χ0n) is 10.6. The normalized spacial score (nSPS) is 17.3. The van der Waals surface area contributed by atoms with Crippen molar-refractivity contribution in [3.63, 3.8) is 0 Å². The molecule has 0 N–H and O–H groups in total. The number of furan rings is 1. The topological polar surface area (TPSA) is 30.4 Å². The van der Waals surface area contributed by atoms with Crippen molar-refractivity contribution in [2.45, 2.75) is 38.5 Å². The second-order valence-electron chi connectivity index (χ2n) is 5.46. The van der Waals surface area contributed by atoms with Gasteiger partial charge >= 0.3 is 0 Å². The molecule has 0 amide bonds. The summed E-state index contributed by atoms with van der Waals surface area (Å²) < 4.78 is 8.00. The van der Waals surface area contributed by atoms with Crippen LogP contribution in [0.4, 0.5) is 0 Å². The first kappa shape index (κ1) is 10.3. The molecular weight excluding hydrogens is 256 g/mol. The first-order valence-corrected chi connectivity index (χ1v) is 7.82. The maximum Gasteiger partial charge on any atom is 0.194 e. The van der Waals surface area contributed by atoms with Gasteiger partial charge in [0.25, 0.3) is 0 Å². The molecule has 3 heterocycles. The van der Waals surface area contributed by atoms with E-state index in [1.807, 2.05) is 11.3 Å². The number of aryl methyl sites for hydroxylation is 4. The molecule has 0 unspecified atom stereocenters. The lowest BCUT2D eigenvalue weighted by Crippen LogP contribution is -2.08. The minimum absolute atomic E-state index is 1.01.